The Labute approximate surface area is 152 Å². The van der Waals surface area contributed by atoms with Crippen molar-refractivity contribution in [2.75, 3.05) is 26.8 Å². The molecular formula is C18H24N4O4. The number of imidazole rings is 1. The Hall–Kier alpha value is -2.71. The van der Waals surface area contributed by atoms with Gasteiger partial charge in [0.15, 0.2) is 0 Å². The molecule has 1 heterocycles. The lowest BCUT2D eigenvalue weighted by molar-refractivity contribution is -0.142. The Bertz CT molecular complexity index is 676. The average Bonchev–Trinajstić information content (AvgIpc) is 3.14. The number of ether oxygens (including phenoxy) is 1. The lowest BCUT2D eigenvalue weighted by atomic mass is 10.1. The van der Waals surface area contributed by atoms with E-state index in [9.17, 15) is 14.7 Å². The van der Waals surface area contributed by atoms with Gasteiger partial charge in [-0.1, -0.05) is 30.3 Å². The SMILES string of the molecule is COC(=O)CN(CC(=O)N[C@H](CO)Cc1c[nH]cn1)Cc1ccccc1. The summed E-state index contributed by atoms with van der Waals surface area (Å²) in [6.45, 7) is 0.254. The number of carbonyl (C=O) groups excluding carboxylic acids is 2. The third kappa shape index (κ3) is 6.66. The Balaban J connectivity index is 1.94. The van der Waals surface area contributed by atoms with E-state index in [-0.39, 0.29) is 25.6 Å². The first-order valence-corrected chi connectivity index (χ1v) is 8.31. The number of benzene rings is 1. The van der Waals surface area contributed by atoms with Crippen molar-refractivity contribution in [1.29, 1.82) is 0 Å². The van der Waals surface area contributed by atoms with Crippen LogP contribution in [0.5, 0.6) is 0 Å². The van der Waals surface area contributed by atoms with Crippen LogP contribution in [0.2, 0.25) is 0 Å². The standard InChI is InChI=1S/C18H24N4O4/c1-26-18(25)11-22(9-14-5-3-2-4-6-14)10-17(24)21-16(12-23)7-15-8-19-13-20-15/h2-6,8,13,16,23H,7,9-12H2,1H3,(H,19,20)(H,21,24)/t16-/m0/s1. The van der Waals surface area contributed by atoms with Gasteiger partial charge >= 0.3 is 5.97 Å². The molecule has 0 unspecified atom stereocenters. The van der Waals surface area contributed by atoms with Crippen molar-refractivity contribution < 1.29 is 19.4 Å². The Morgan fingerprint density at radius 3 is 2.69 bits per heavy atom. The number of aliphatic hydroxyl groups excluding tert-OH is 1. The van der Waals surface area contributed by atoms with Gasteiger partial charge in [-0.2, -0.15) is 0 Å². The topological polar surface area (TPSA) is 108 Å². The van der Waals surface area contributed by atoms with Crippen LogP contribution < -0.4 is 5.32 Å². The van der Waals surface area contributed by atoms with Crippen LogP contribution in [0, 0.1) is 0 Å². The molecule has 8 nitrogen and oxygen atoms in total. The number of amides is 1. The number of esters is 1. The molecule has 0 fully saturated rings. The fourth-order valence-corrected chi connectivity index (χ4v) is 2.55. The molecule has 3 N–H and O–H groups in total. The van der Waals surface area contributed by atoms with Crippen LogP contribution in [0.3, 0.4) is 0 Å². The molecule has 0 spiro atoms. The number of aromatic amines is 1. The quantitative estimate of drug-likeness (QED) is 0.519. The summed E-state index contributed by atoms with van der Waals surface area (Å²) in [6.07, 6.45) is 3.68. The normalized spacial score (nSPS) is 12.0. The number of nitrogens with one attached hydrogen (secondary N) is 2. The van der Waals surface area contributed by atoms with Crippen molar-refractivity contribution in [2.24, 2.45) is 0 Å². The first kappa shape index (κ1) is 19.6. The predicted molar refractivity (Wildman–Crippen MR) is 95.0 cm³/mol. The van der Waals surface area contributed by atoms with Gasteiger partial charge in [0.25, 0.3) is 0 Å². The highest BCUT2D eigenvalue weighted by molar-refractivity contribution is 5.79. The van der Waals surface area contributed by atoms with Gasteiger partial charge in [-0.3, -0.25) is 14.5 Å². The molecule has 1 amide bonds. The lowest BCUT2D eigenvalue weighted by Crippen LogP contribution is -2.45. The summed E-state index contributed by atoms with van der Waals surface area (Å²) >= 11 is 0. The van der Waals surface area contributed by atoms with E-state index in [0.29, 0.717) is 13.0 Å². The van der Waals surface area contributed by atoms with Gasteiger partial charge in [-0.15, -0.1) is 0 Å². The molecular weight excluding hydrogens is 336 g/mol. The first-order valence-electron chi connectivity index (χ1n) is 8.31. The number of nitrogens with zero attached hydrogens (tertiary/aromatic N) is 2. The van der Waals surface area contributed by atoms with Gasteiger partial charge in [-0.25, -0.2) is 4.98 Å². The molecule has 0 saturated heterocycles. The fourth-order valence-electron chi connectivity index (χ4n) is 2.55. The molecule has 1 aromatic heterocycles. The monoisotopic (exact) mass is 360 g/mol. The number of carbonyl (C=O) groups is 2. The van der Waals surface area contributed by atoms with Gasteiger partial charge < -0.3 is 20.1 Å². The van der Waals surface area contributed by atoms with E-state index < -0.39 is 12.0 Å². The lowest BCUT2D eigenvalue weighted by Gasteiger charge is -2.22. The van der Waals surface area contributed by atoms with Crippen LogP contribution in [0.4, 0.5) is 0 Å². The zero-order chi connectivity index (χ0) is 18.8. The summed E-state index contributed by atoms with van der Waals surface area (Å²) in [5, 5.41) is 12.3. The maximum atomic E-state index is 12.4. The van der Waals surface area contributed by atoms with Crippen LogP contribution in [-0.2, 0) is 27.3 Å². The summed E-state index contributed by atoms with van der Waals surface area (Å²) in [5.74, 6) is -0.691. The van der Waals surface area contributed by atoms with E-state index >= 15 is 0 Å². The number of rotatable bonds is 10. The third-order valence-electron chi connectivity index (χ3n) is 3.79. The van der Waals surface area contributed by atoms with E-state index in [1.54, 1.807) is 17.4 Å². The van der Waals surface area contributed by atoms with Gasteiger partial charge in [-0.05, 0) is 5.56 Å². The summed E-state index contributed by atoms with van der Waals surface area (Å²) in [4.78, 5) is 32.6. The van der Waals surface area contributed by atoms with Crippen LogP contribution in [0.1, 0.15) is 11.3 Å². The number of H-pyrrole nitrogens is 1. The number of aromatic nitrogens is 2. The zero-order valence-electron chi connectivity index (χ0n) is 14.7. The molecule has 0 saturated carbocycles. The van der Waals surface area contributed by atoms with E-state index in [4.69, 9.17) is 4.74 Å². The van der Waals surface area contributed by atoms with Crippen LogP contribution in [-0.4, -0.2) is 64.7 Å². The first-order chi connectivity index (χ1) is 12.6. The number of aliphatic hydroxyl groups is 1. The van der Waals surface area contributed by atoms with Crippen LogP contribution in [0.15, 0.2) is 42.9 Å². The molecule has 1 atom stereocenters. The summed E-state index contributed by atoms with van der Waals surface area (Å²) in [5.41, 5.74) is 1.74. The summed E-state index contributed by atoms with van der Waals surface area (Å²) in [6, 6.07) is 9.12. The van der Waals surface area contributed by atoms with Gasteiger partial charge in [0.05, 0.1) is 44.9 Å². The molecule has 0 bridgehead atoms. The summed E-state index contributed by atoms with van der Waals surface area (Å²) < 4.78 is 4.71. The molecule has 26 heavy (non-hydrogen) atoms. The summed E-state index contributed by atoms with van der Waals surface area (Å²) in [7, 11) is 1.31. The zero-order valence-corrected chi connectivity index (χ0v) is 14.7. The molecule has 1 aromatic carbocycles. The Kier molecular flexibility index (Phi) is 7.78. The van der Waals surface area contributed by atoms with Crippen molar-refractivity contribution in [3.63, 3.8) is 0 Å². The smallest absolute Gasteiger partial charge is 0.319 e. The Morgan fingerprint density at radius 1 is 1.31 bits per heavy atom. The molecule has 2 aromatic rings. The molecule has 0 radical (unpaired) electrons. The second-order valence-electron chi connectivity index (χ2n) is 5.92. The minimum Gasteiger partial charge on any atom is -0.468 e. The van der Waals surface area contributed by atoms with Crippen molar-refractivity contribution in [1.82, 2.24) is 20.2 Å². The molecule has 0 aliphatic heterocycles. The molecule has 0 aliphatic rings. The minimum atomic E-state index is -0.442. The van der Waals surface area contributed by atoms with Crippen LogP contribution >= 0.6 is 0 Å². The number of hydrogen-bond donors (Lipinski definition) is 3. The van der Waals surface area contributed by atoms with E-state index in [2.05, 4.69) is 15.3 Å². The van der Waals surface area contributed by atoms with E-state index in [1.807, 2.05) is 30.3 Å². The van der Waals surface area contributed by atoms with Gasteiger partial charge in [0, 0.05) is 19.2 Å². The van der Waals surface area contributed by atoms with Crippen molar-refractivity contribution in [2.45, 2.75) is 19.0 Å². The maximum absolute atomic E-state index is 12.4. The highest BCUT2D eigenvalue weighted by atomic mass is 16.5. The molecule has 140 valence electrons. The molecule has 8 heteroatoms. The third-order valence-corrected chi connectivity index (χ3v) is 3.79. The molecule has 2 rings (SSSR count). The van der Waals surface area contributed by atoms with Crippen molar-refractivity contribution >= 4 is 11.9 Å². The van der Waals surface area contributed by atoms with Crippen molar-refractivity contribution in [3.8, 4) is 0 Å². The van der Waals surface area contributed by atoms with Crippen LogP contribution in [0.25, 0.3) is 0 Å². The largest absolute Gasteiger partial charge is 0.468 e. The minimum absolute atomic E-state index is 0.00196. The second-order valence-corrected chi connectivity index (χ2v) is 5.92. The second kappa shape index (κ2) is 10.3. The maximum Gasteiger partial charge on any atom is 0.319 e. The Morgan fingerprint density at radius 2 is 2.08 bits per heavy atom. The number of methoxy groups -OCH3 is 1. The number of hydrogen-bond acceptors (Lipinski definition) is 6. The predicted octanol–water partition coefficient (Wildman–Crippen LogP) is 0.105. The average molecular weight is 360 g/mol. The van der Waals surface area contributed by atoms with E-state index in [1.165, 1.54) is 7.11 Å². The van der Waals surface area contributed by atoms with Gasteiger partial charge in [0.2, 0.25) is 5.91 Å². The highest BCUT2D eigenvalue weighted by Crippen LogP contribution is 2.05. The fraction of sp³-hybridized carbons (Fsp3) is 0.389. The highest BCUT2D eigenvalue weighted by Gasteiger charge is 2.18. The van der Waals surface area contributed by atoms with Crippen molar-refractivity contribution in [3.05, 3.63) is 54.1 Å². The van der Waals surface area contributed by atoms with E-state index in [0.717, 1.165) is 11.3 Å². The molecule has 0 aliphatic carbocycles. The van der Waals surface area contributed by atoms with Gasteiger partial charge in [0.1, 0.15) is 0 Å².